The molecule has 1 unspecified atom stereocenters. The quantitative estimate of drug-likeness (QED) is 0.652. The lowest BCUT2D eigenvalue weighted by molar-refractivity contribution is 0.0735. The molecule has 0 radical (unpaired) electrons. The summed E-state index contributed by atoms with van der Waals surface area (Å²) in [4.78, 5) is 15.2. The van der Waals surface area contributed by atoms with E-state index in [4.69, 9.17) is 0 Å². The Morgan fingerprint density at radius 3 is 2.20 bits per heavy atom. The molecule has 1 fully saturated rings. The predicted molar refractivity (Wildman–Crippen MR) is 116 cm³/mol. The van der Waals surface area contributed by atoms with Gasteiger partial charge in [0.25, 0.3) is 5.91 Å². The number of amides is 1. The van der Waals surface area contributed by atoms with E-state index in [0.717, 1.165) is 30.5 Å². The van der Waals surface area contributed by atoms with Gasteiger partial charge in [-0.25, -0.2) is 13.1 Å². The van der Waals surface area contributed by atoms with Gasteiger partial charge in [-0.05, 0) is 48.2 Å². The molecule has 5 nitrogen and oxygen atoms in total. The van der Waals surface area contributed by atoms with Crippen LogP contribution >= 0.6 is 0 Å². The number of hydrogen-bond acceptors (Lipinski definition) is 3. The lowest BCUT2D eigenvalue weighted by atomic mass is 10.0. The maximum Gasteiger partial charge on any atom is 0.254 e. The average Bonchev–Trinajstić information content (AvgIpc) is 3.29. The molecule has 1 aliphatic heterocycles. The number of sulfonamides is 1. The highest BCUT2D eigenvalue weighted by atomic mass is 32.2. The Labute approximate surface area is 177 Å². The van der Waals surface area contributed by atoms with Crippen LogP contribution in [0.15, 0.2) is 89.8 Å². The zero-order valence-corrected chi connectivity index (χ0v) is 17.4. The van der Waals surface area contributed by atoms with Gasteiger partial charge in [0.1, 0.15) is 0 Å². The fourth-order valence-electron chi connectivity index (χ4n) is 3.82. The first-order chi connectivity index (χ1) is 14.5. The van der Waals surface area contributed by atoms with Gasteiger partial charge in [0, 0.05) is 18.7 Å². The minimum absolute atomic E-state index is 0.0118. The molecule has 1 aliphatic rings. The molecule has 0 saturated carbocycles. The second-order valence-electron chi connectivity index (χ2n) is 7.40. The monoisotopic (exact) mass is 420 g/mol. The topological polar surface area (TPSA) is 66.5 Å². The number of likely N-dealkylation sites (tertiary alicyclic amines) is 1. The summed E-state index contributed by atoms with van der Waals surface area (Å²) in [6.45, 7) is 0.916. The summed E-state index contributed by atoms with van der Waals surface area (Å²) in [7, 11) is -3.56. The molecule has 1 amide bonds. The predicted octanol–water partition coefficient (Wildman–Crippen LogP) is 4.14. The van der Waals surface area contributed by atoms with Crippen LogP contribution in [0.4, 0.5) is 0 Å². The van der Waals surface area contributed by atoms with Gasteiger partial charge < -0.3 is 4.90 Å². The molecule has 1 N–H and O–H groups in total. The largest absolute Gasteiger partial charge is 0.332 e. The summed E-state index contributed by atoms with van der Waals surface area (Å²) in [5.41, 5.74) is 2.58. The number of rotatable bonds is 6. The molecule has 0 aliphatic carbocycles. The summed E-state index contributed by atoms with van der Waals surface area (Å²) in [5, 5.41) is 0. The molecule has 154 valence electrons. The van der Waals surface area contributed by atoms with E-state index in [1.807, 2.05) is 23.1 Å². The van der Waals surface area contributed by atoms with Crippen LogP contribution in [0.2, 0.25) is 0 Å². The number of carbonyl (C=O) groups is 1. The van der Waals surface area contributed by atoms with E-state index in [1.54, 1.807) is 54.6 Å². The van der Waals surface area contributed by atoms with Gasteiger partial charge in [0.05, 0.1) is 10.9 Å². The van der Waals surface area contributed by atoms with E-state index in [2.05, 4.69) is 16.9 Å². The Balaban J connectivity index is 1.43. The summed E-state index contributed by atoms with van der Waals surface area (Å²) in [6, 6.07) is 25.6. The fraction of sp³-hybridized carbons (Fsp3) is 0.208. The Bertz CT molecular complexity index is 1100. The summed E-state index contributed by atoms with van der Waals surface area (Å²) < 4.78 is 27.3. The van der Waals surface area contributed by atoms with E-state index in [9.17, 15) is 13.2 Å². The first-order valence-electron chi connectivity index (χ1n) is 10.0. The van der Waals surface area contributed by atoms with Gasteiger partial charge in [-0.1, -0.05) is 60.7 Å². The molecular formula is C24H24N2O3S. The van der Waals surface area contributed by atoms with Crippen LogP contribution in [0.5, 0.6) is 0 Å². The van der Waals surface area contributed by atoms with E-state index in [0.29, 0.717) is 5.56 Å². The third kappa shape index (κ3) is 4.45. The second-order valence-corrected chi connectivity index (χ2v) is 9.17. The standard InChI is InChI=1S/C24H24N2O3S/c27-24(26-17-7-12-23(26)20-8-3-1-4-9-20)21-15-13-19(14-16-21)18-25-30(28,29)22-10-5-2-6-11-22/h1-6,8-11,13-16,23,25H,7,12,17-18H2. The maximum absolute atomic E-state index is 13.1. The zero-order valence-electron chi connectivity index (χ0n) is 16.6. The van der Waals surface area contributed by atoms with Crippen molar-refractivity contribution in [2.75, 3.05) is 6.54 Å². The van der Waals surface area contributed by atoms with Crippen LogP contribution in [0, 0.1) is 0 Å². The number of hydrogen-bond donors (Lipinski definition) is 1. The van der Waals surface area contributed by atoms with Crippen LogP contribution in [0.25, 0.3) is 0 Å². The molecule has 0 bridgehead atoms. The number of nitrogens with one attached hydrogen (secondary N) is 1. The molecule has 6 heteroatoms. The van der Waals surface area contributed by atoms with Crippen molar-refractivity contribution in [1.29, 1.82) is 0 Å². The normalized spacial score (nSPS) is 16.5. The minimum Gasteiger partial charge on any atom is -0.332 e. The van der Waals surface area contributed by atoms with Crippen molar-refractivity contribution < 1.29 is 13.2 Å². The van der Waals surface area contributed by atoms with Crippen molar-refractivity contribution in [3.8, 4) is 0 Å². The van der Waals surface area contributed by atoms with E-state index >= 15 is 0 Å². The van der Waals surface area contributed by atoms with E-state index in [-0.39, 0.29) is 23.4 Å². The highest BCUT2D eigenvalue weighted by Crippen LogP contribution is 2.33. The van der Waals surface area contributed by atoms with Crippen LogP contribution < -0.4 is 4.72 Å². The third-order valence-corrected chi connectivity index (χ3v) is 6.84. The van der Waals surface area contributed by atoms with Gasteiger partial charge in [-0.15, -0.1) is 0 Å². The maximum atomic E-state index is 13.1. The molecule has 3 aromatic carbocycles. The van der Waals surface area contributed by atoms with Crippen LogP contribution in [-0.4, -0.2) is 25.8 Å². The molecule has 0 aromatic heterocycles. The zero-order chi connectivity index (χ0) is 21.0. The molecule has 1 heterocycles. The summed E-state index contributed by atoms with van der Waals surface area (Å²) in [5.74, 6) is 0.0118. The van der Waals surface area contributed by atoms with Gasteiger partial charge in [-0.3, -0.25) is 4.79 Å². The fourth-order valence-corrected chi connectivity index (χ4v) is 4.86. The number of nitrogens with zero attached hydrogens (tertiary/aromatic N) is 1. The molecule has 1 atom stereocenters. The molecule has 30 heavy (non-hydrogen) atoms. The Hall–Kier alpha value is -2.96. The van der Waals surface area contributed by atoms with Crippen molar-refractivity contribution in [3.63, 3.8) is 0 Å². The van der Waals surface area contributed by atoms with E-state index < -0.39 is 10.0 Å². The first kappa shape index (κ1) is 20.3. The van der Waals surface area contributed by atoms with Crippen LogP contribution in [0.3, 0.4) is 0 Å². The minimum atomic E-state index is -3.56. The molecule has 3 aromatic rings. The van der Waals surface area contributed by atoms with Crippen molar-refractivity contribution >= 4 is 15.9 Å². The number of carbonyl (C=O) groups excluding carboxylic acids is 1. The lowest BCUT2D eigenvalue weighted by Crippen LogP contribution is -2.30. The van der Waals surface area contributed by atoms with Crippen LogP contribution in [0.1, 0.15) is 40.4 Å². The Morgan fingerprint density at radius 1 is 0.900 bits per heavy atom. The van der Waals surface area contributed by atoms with Crippen LogP contribution in [-0.2, 0) is 16.6 Å². The van der Waals surface area contributed by atoms with Gasteiger partial charge in [0.15, 0.2) is 0 Å². The SMILES string of the molecule is O=C(c1ccc(CNS(=O)(=O)c2ccccc2)cc1)N1CCCC1c1ccccc1. The Morgan fingerprint density at radius 2 is 1.53 bits per heavy atom. The molecule has 0 spiro atoms. The summed E-state index contributed by atoms with van der Waals surface area (Å²) in [6.07, 6.45) is 1.96. The van der Waals surface area contributed by atoms with Crippen molar-refractivity contribution in [3.05, 3.63) is 102 Å². The van der Waals surface area contributed by atoms with Gasteiger partial charge in [0.2, 0.25) is 10.0 Å². The summed E-state index contributed by atoms with van der Waals surface area (Å²) >= 11 is 0. The average molecular weight is 421 g/mol. The Kier molecular flexibility index (Phi) is 5.97. The number of benzene rings is 3. The van der Waals surface area contributed by atoms with E-state index in [1.165, 1.54) is 0 Å². The highest BCUT2D eigenvalue weighted by Gasteiger charge is 2.30. The van der Waals surface area contributed by atoms with Crippen molar-refractivity contribution in [1.82, 2.24) is 9.62 Å². The van der Waals surface area contributed by atoms with Crippen molar-refractivity contribution in [2.24, 2.45) is 0 Å². The van der Waals surface area contributed by atoms with Gasteiger partial charge >= 0.3 is 0 Å². The first-order valence-corrected chi connectivity index (χ1v) is 11.5. The smallest absolute Gasteiger partial charge is 0.254 e. The van der Waals surface area contributed by atoms with Crippen molar-refractivity contribution in [2.45, 2.75) is 30.3 Å². The third-order valence-electron chi connectivity index (χ3n) is 5.42. The molecule has 1 saturated heterocycles. The second kappa shape index (κ2) is 8.81. The molecular weight excluding hydrogens is 396 g/mol. The lowest BCUT2D eigenvalue weighted by Gasteiger charge is -2.25. The highest BCUT2D eigenvalue weighted by molar-refractivity contribution is 7.89. The van der Waals surface area contributed by atoms with Gasteiger partial charge in [-0.2, -0.15) is 0 Å². The molecule has 4 rings (SSSR count).